The Balaban J connectivity index is 2.58. The Morgan fingerprint density at radius 1 is 1.69 bits per heavy atom. The monoisotopic (exact) mass is 234 g/mol. The maximum absolute atomic E-state index is 11.6. The van der Waals surface area contributed by atoms with Crippen molar-refractivity contribution in [3.05, 3.63) is 22.2 Å². The zero-order valence-corrected chi connectivity index (χ0v) is 9.77. The highest BCUT2D eigenvalue weighted by molar-refractivity contribution is 7.18. The minimum Gasteiger partial charge on any atom is -0.461 e. The molecule has 0 saturated heterocycles. The van der Waals surface area contributed by atoms with Crippen LogP contribution in [-0.4, -0.2) is 17.6 Å². The molecule has 2 heterocycles. The first-order valence-electron chi connectivity index (χ1n) is 4.86. The molecule has 4 nitrogen and oxygen atoms in total. The molecule has 0 amide bonds. The molecular formula is C11H10N2O2S. The van der Waals surface area contributed by atoms with Crippen LogP contribution in [0.4, 0.5) is 0 Å². The maximum atomic E-state index is 11.6. The number of nitrogens with zero attached hydrogens (tertiary/aromatic N) is 1. The number of esters is 1. The molecular weight excluding hydrogens is 224 g/mol. The fourth-order valence-electron chi connectivity index (χ4n) is 1.58. The van der Waals surface area contributed by atoms with E-state index >= 15 is 0 Å². The average molecular weight is 234 g/mol. The minimum atomic E-state index is -0.472. The van der Waals surface area contributed by atoms with E-state index in [1.807, 2.05) is 19.1 Å². The number of nitriles is 1. The van der Waals surface area contributed by atoms with Gasteiger partial charge >= 0.3 is 5.97 Å². The van der Waals surface area contributed by atoms with Gasteiger partial charge in [-0.3, -0.25) is 0 Å². The van der Waals surface area contributed by atoms with Crippen molar-refractivity contribution in [1.29, 1.82) is 5.26 Å². The predicted molar refractivity (Wildman–Crippen MR) is 61.6 cm³/mol. The lowest BCUT2D eigenvalue weighted by Crippen LogP contribution is -2.06. The van der Waals surface area contributed by atoms with Crippen LogP contribution in [0.3, 0.4) is 0 Å². The molecule has 0 atom stereocenters. The van der Waals surface area contributed by atoms with Gasteiger partial charge in [0.2, 0.25) is 0 Å². The molecule has 0 spiro atoms. The molecule has 2 aromatic heterocycles. The average Bonchev–Trinajstić information content (AvgIpc) is 2.73. The smallest absolute Gasteiger partial charge is 0.356 e. The van der Waals surface area contributed by atoms with E-state index in [4.69, 9.17) is 10.00 Å². The van der Waals surface area contributed by atoms with Crippen molar-refractivity contribution in [3.63, 3.8) is 0 Å². The van der Waals surface area contributed by atoms with Gasteiger partial charge in [-0.1, -0.05) is 0 Å². The third-order valence-corrected chi connectivity index (χ3v) is 3.17. The van der Waals surface area contributed by atoms with Crippen molar-refractivity contribution in [2.24, 2.45) is 0 Å². The molecule has 0 bridgehead atoms. The zero-order chi connectivity index (χ0) is 11.7. The Morgan fingerprint density at radius 3 is 3.06 bits per heavy atom. The molecule has 0 fully saturated rings. The number of hydrogen-bond acceptors (Lipinski definition) is 4. The van der Waals surface area contributed by atoms with Gasteiger partial charge in [-0.15, -0.1) is 11.3 Å². The molecule has 0 aromatic carbocycles. The summed E-state index contributed by atoms with van der Waals surface area (Å²) in [6.45, 7) is 4.00. The summed E-state index contributed by atoms with van der Waals surface area (Å²) < 4.78 is 4.88. The number of nitrogens with one attached hydrogen (secondary N) is 1. The first-order valence-corrected chi connectivity index (χ1v) is 5.68. The van der Waals surface area contributed by atoms with Crippen molar-refractivity contribution in [1.82, 2.24) is 4.98 Å². The van der Waals surface area contributed by atoms with Gasteiger partial charge < -0.3 is 9.72 Å². The van der Waals surface area contributed by atoms with Crippen LogP contribution in [0.15, 0.2) is 6.07 Å². The predicted octanol–water partition coefficient (Wildman–Crippen LogP) is 2.59. The number of ether oxygens (including phenoxy) is 1. The van der Waals surface area contributed by atoms with Gasteiger partial charge in [-0.2, -0.15) is 5.26 Å². The Hall–Kier alpha value is -1.80. The number of hydrogen-bond donors (Lipinski definition) is 1. The van der Waals surface area contributed by atoms with E-state index in [0.29, 0.717) is 12.2 Å². The molecule has 0 aliphatic carbocycles. The normalized spacial score (nSPS) is 10.3. The highest BCUT2D eigenvalue weighted by atomic mass is 32.1. The fourth-order valence-corrected chi connectivity index (χ4v) is 2.50. The first-order chi connectivity index (χ1) is 7.67. The van der Waals surface area contributed by atoms with Crippen molar-refractivity contribution in [3.8, 4) is 6.07 Å². The number of aromatic amines is 1. The highest BCUT2D eigenvalue weighted by Crippen LogP contribution is 2.29. The van der Waals surface area contributed by atoms with Crippen molar-refractivity contribution < 1.29 is 9.53 Å². The highest BCUT2D eigenvalue weighted by Gasteiger charge is 2.19. The minimum absolute atomic E-state index is 0.255. The lowest BCUT2D eigenvalue weighted by atomic mass is 10.2. The quantitative estimate of drug-likeness (QED) is 0.812. The molecule has 0 aliphatic heterocycles. The van der Waals surface area contributed by atoms with Crippen LogP contribution in [0.25, 0.3) is 10.2 Å². The number of aromatic nitrogens is 1. The number of fused-ring (bicyclic) bond motifs is 1. The molecule has 5 heteroatoms. The molecule has 82 valence electrons. The SMILES string of the molecule is CCOC(=O)c1[nH]c2sc(C)cc2c1C#N. The lowest BCUT2D eigenvalue weighted by Gasteiger charge is -1.98. The maximum Gasteiger partial charge on any atom is 0.356 e. The van der Waals surface area contributed by atoms with Crippen LogP contribution in [0.5, 0.6) is 0 Å². The van der Waals surface area contributed by atoms with Crippen LogP contribution >= 0.6 is 11.3 Å². The van der Waals surface area contributed by atoms with E-state index in [9.17, 15) is 4.79 Å². The van der Waals surface area contributed by atoms with E-state index < -0.39 is 5.97 Å². The topological polar surface area (TPSA) is 65.9 Å². The first kappa shape index (κ1) is 10.7. The molecule has 2 aromatic rings. The van der Waals surface area contributed by atoms with Gasteiger partial charge in [0.25, 0.3) is 0 Å². The molecule has 0 unspecified atom stereocenters. The van der Waals surface area contributed by atoms with Gasteiger partial charge in [0.1, 0.15) is 16.6 Å². The lowest BCUT2D eigenvalue weighted by molar-refractivity contribution is 0.0520. The Kier molecular flexibility index (Phi) is 2.67. The van der Waals surface area contributed by atoms with E-state index in [1.54, 1.807) is 6.92 Å². The van der Waals surface area contributed by atoms with Gasteiger partial charge in [0.15, 0.2) is 0 Å². The third kappa shape index (κ3) is 1.57. The van der Waals surface area contributed by atoms with Crippen LogP contribution < -0.4 is 0 Å². The Morgan fingerprint density at radius 2 is 2.44 bits per heavy atom. The summed E-state index contributed by atoms with van der Waals surface area (Å²) in [5.41, 5.74) is 0.628. The second-order valence-corrected chi connectivity index (χ2v) is 4.56. The van der Waals surface area contributed by atoms with Crippen LogP contribution in [0.2, 0.25) is 0 Å². The van der Waals surface area contributed by atoms with Crippen LogP contribution in [0, 0.1) is 18.3 Å². The number of H-pyrrole nitrogens is 1. The summed E-state index contributed by atoms with van der Waals surface area (Å²) >= 11 is 1.52. The van der Waals surface area contributed by atoms with Gasteiger partial charge in [-0.25, -0.2) is 4.79 Å². The molecule has 0 saturated carbocycles. The summed E-state index contributed by atoms with van der Waals surface area (Å²) in [6, 6.07) is 3.95. The Bertz CT molecular complexity index is 589. The second-order valence-electron chi connectivity index (χ2n) is 3.31. The van der Waals surface area contributed by atoms with Crippen LogP contribution in [-0.2, 0) is 4.74 Å². The largest absolute Gasteiger partial charge is 0.461 e. The summed E-state index contributed by atoms with van der Waals surface area (Å²) in [5, 5.41) is 9.86. The molecule has 16 heavy (non-hydrogen) atoms. The number of aryl methyl sites for hydroxylation is 1. The van der Waals surface area contributed by atoms with E-state index in [2.05, 4.69) is 4.98 Å². The van der Waals surface area contributed by atoms with E-state index in [1.165, 1.54) is 11.3 Å². The molecule has 0 radical (unpaired) electrons. The summed E-state index contributed by atoms with van der Waals surface area (Å²) in [4.78, 5) is 16.5. The van der Waals surface area contributed by atoms with E-state index in [-0.39, 0.29) is 5.69 Å². The number of rotatable bonds is 2. The summed E-state index contributed by atoms with van der Waals surface area (Å²) in [7, 11) is 0. The fraction of sp³-hybridized carbons (Fsp3) is 0.273. The number of carbonyl (C=O) groups is 1. The standard InChI is InChI=1S/C11H10N2O2S/c1-3-15-11(14)9-8(5-12)7-4-6(2)16-10(7)13-9/h4,13H,3H2,1-2H3. The second kappa shape index (κ2) is 3.99. The Labute approximate surface area is 96.5 Å². The number of thiophene rings is 1. The number of carbonyl (C=O) groups excluding carboxylic acids is 1. The summed E-state index contributed by atoms with van der Waals surface area (Å²) in [6.07, 6.45) is 0. The van der Waals surface area contributed by atoms with Gasteiger partial charge in [0, 0.05) is 10.3 Å². The summed E-state index contributed by atoms with van der Waals surface area (Å²) in [5.74, 6) is -0.472. The molecule has 1 N–H and O–H groups in total. The van der Waals surface area contributed by atoms with E-state index in [0.717, 1.165) is 15.1 Å². The third-order valence-electron chi connectivity index (χ3n) is 2.20. The zero-order valence-electron chi connectivity index (χ0n) is 8.96. The van der Waals surface area contributed by atoms with Gasteiger partial charge in [0.05, 0.1) is 12.2 Å². The molecule has 0 aliphatic rings. The van der Waals surface area contributed by atoms with Gasteiger partial charge in [-0.05, 0) is 19.9 Å². The van der Waals surface area contributed by atoms with Crippen molar-refractivity contribution >= 4 is 27.5 Å². The van der Waals surface area contributed by atoms with Crippen molar-refractivity contribution in [2.45, 2.75) is 13.8 Å². The molecule has 2 rings (SSSR count). The van der Waals surface area contributed by atoms with Crippen molar-refractivity contribution in [2.75, 3.05) is 6.61 Å². The van der Waals surface area contributed by atoms with Crippen LogP contribution in [0.1, 0.15) is 27.9 Å².